The lowest BCUT2D eigenvalue weighted by molar-refractivity contribution is 0.227. The van der Waals surface area contributed by atoms with Gasteiger partial charge in [0.25, 0.3) is 11.9 Å². The molecule has 1 atom stereocenters. The van der Waals surface area contributed by atoms with E-state index in [1.165, 1.54) is 4.57 Å². The highest BCUT2D eigenvalue weighted by atomic mass is 127. The highest BCUT2D eigenvalue weighted by Crippen LogP contribution is 2.33. The van der Waals surface area contributed by atoms with Crippen LogP contribution >= 0.6 is 34.2 Å². The van der Waals surface area contributed by atoms with Crippen LogP contribution in [0.1, 0.15) is 12.0 Å². The predicted molar refractivity (Wildman–Crippen MR) is 132 cm³/mol. The number of nitrogens with zero attached hydrogens (tertiary/aromatic N) is 3. The molecule has 1 unspecified atom stereocenters. The maximum Gasteiger partial charge on any atom is 0.332 e. The number of aliphatic hydroxyl groups is 1. The quantitative estimate of drug-likeness (QED) is 0.426. The van der Waals surface area contributed by atoms with Gasteiger partial charge in [-0.1, -0.05) is 23.7 Å². The number of fused-ring (bicyclic) bond motifs is 1. The summed E-state index contributed by atoms with van der Waals surface area (Å²) in [5.41, 5.74) is 0.397. The van der Waals surface area contributed by atoms with E-state index in [0.717, 1.165) is 13.7 Å². The number of ether oxygens (including phenoxy) is 1. The monoisotopic (exact) mass is 568 g/mol. The largest absolute Gasteiger partial charge is 0.452 e. The van der Waals surface area contributed by atoms with Crippen molar-refractivity contribution >= 4 is 45.7 Å². The Labute approximate surface area is 203 Å². The van der Waals surface area contributed by atoms with Crippen LogP contribution in [0, 0.1) is 3.57 Å². The maximum atomic E-state index is 13.3. The van der Waals surface area contributed by atoms with Crippen LogP contribution in [-0.2, 0) is 20.1 Å². The van der Waals surface area contributed by atoms with Crippen molar-refractivity contribution in [3.63, 3.8) is 0 Å². The van der Waals surface area contributed by atoms with E-state index < -0.39 is 17.6 Å². The number of nitrogens with one attached hydrogen (secondary N) is 1. The molecule has 0 aliphatic carbocycles. The van der Waals surface area contributed by atoms with Gasteiger partial charge < -0.3 is 20.1 Å². The first-order chi connectivity index (χ1) is 15.4. The first-order valence-corrected chi connectivity index (χ1v) is 11.5. The molecule has 4 rings (SSSR count). The summed E-state index contributed by atoms with van der Waals surface area (Å²) in [6.07, 6.45) is -0.395. The van der Waals surface area contributed by atoms with Crippen LogP contribution in [0.15, 0.2) is 58.1 Å². The second kappa shape index (κ2) is 9.55. The third-order valence-corrected chi connectivity index (χ3v) is 6.19. The number of aliphatic hydroxyl groups excluding tert-OH is 1. The summed E-state index contributed by atoms with van der Waals surface area (Å²) in [6.45, 7) is 0.379. The fourth-order valence-electron chi connectivity index (χ4n) is 3.60. The Morgan fingerprint density at radius 2 is 1.81 bits per heavy atom. The molecule has 1 aliphatic rings. The Hall–Kier alpha value is -2.50. The second-order valence-corrected chi connectivity index (χ2v) is 9.08. The van der Waals surface area contributed by atoms with Crippen molar-refractivity contribution in [1.29, 1.82) is 0 Å². The fraction of sp³-hybridized carbons (Fsp3) is 0.273. The smallest absolute Gasteiger partial charge is 0.332 e. The van der Waals surface area contributed by atoms with Gasteiger partial charge in [0.15, 0.2) is 0 Å². The van der Waals surface area contributed by atoms with Crippen molar-refractivity contribution in [2.75, 3.05) is 16.8 Å². The van der Waals surface area contributed by atoms with Gasteiger partial charge >= 0.3 is 5.69 Å². The number of anilines is 2. The Morgan fingerprint density at radius 3 is 2.47 bits per heavy atom. The highest BCUT2D eigenvalue weighted by Gasteiger charge is 2.36. The molecule has 3 aromatic rings. The summed E-state index contributed by atoms with van der Waals surface area (Å²) in [7, 11) is 1.61. The van der Waals surface area contributed by atoms with Gasteiger partial charge in [0.05, 0.1) is 0 Å². The Morgan fingerprint density at radius 1 is 1.12 bits per heavy atom. The second-order valence-electron chi connectivity index (χ2n) is 7.40. The van der Waals surface area contributed by atoms with Crippen molar-refractivity contribution < 1.29 is 9.84 Å². The van der Waals surface area contributed by atoms with Gasteiger partial charge in [0.2, 0.25) is 0 Å². The van der Waals surface area contributed by atoms with Crippen LogP contribution < -0.4 is 26.2 Å². The molecule has 1 aliphatic heterocycles. The zero-order valence-electron chi connectivity index (χ0n) is 17.3. The van der Waals surface area contributed by atoms with Crippen LogP contribution in [0.25, 0.3) is 0 Å². The van der Waals surface area contributed by atoms with Crippen molar-refractivity contribution in [3.8, 4) is 5.75 Å². The third-order valence-electron chi connectivity index (χ3n) is 5.22. The lowest BCUT2D eigenvalue weighted by Crippen LogP contribution is -2.43. The Balaban J connectivity index is 1.78. The van der Waals surface area contributed by atoms with E-state index in [4.69, 9.17) is 16.3 Å². The number of hydrogen-bond acceptors (Lipinski definition) is 6. The number of aromatic nitrogens is 2. The van der Waals surface area contributed by atoms with Gasteiger partial charge in [0.1, 0.15) is 17.3 Å². The van der Waals surface area contributed by atoms with Gasteiger partial charge in [-0.05, 0) is 71.0 Å². The van der Waals surface area contributed by atoms with Gasteiger partial charge in [-0.3, -0.25) is 13.9 Å². The molecule has 0 amide bonds. The molecule has 2 heterocycles. The zero-order chi connectivity index (χ0) is 22.8. The SMILES string of the molecule is Cn1c2c(c(=O)n(CCCO)c1=O)N(Cc1ccc(Cl)cc1)C(Oc1ccc(I)cc1)N2. The molecule has 0 bridgehead atoms. The molecule has 1 aromatic heterocycles. The molecule has 10 heteroatoms. The van der Waals surface area contributed by atoms with Crippen molar-refractivity contribution in [1.82, 2.24) is 9.13 Å². The van der Waals surface area contributed by atoms with Gasteiger partial charge in [-0.15, -0.1) is 0 Å². The van der Waals surface area contributed by atoms with E-state index >= 15 is 0 Å². The highest BCUT2D eigenvalue weighted by molar-refractivity contribution is 14.1. The van der Waals surface area contributed by atoms with Crippen LogP contribution in [0.4, 0.5) is 11.5 Å². The van der Waals surface area contributed by atoms with Crippen molar-refractivity contribution in [2.45, 2.75) is 25.9 Å². The molecule has 32 heavy (non-hydrogen) atoms. The normalized spacial score (nSPS) is 14.9. The van der Waals surface area contributed by atoms with Gasteiger partial charge in [0, 0.05) is 35.3 Å². The Bertz CT molecular complexity index is 1220. The van der Waals surface area contributed by atoms with E-state index in [1.807, 2.05) is 36.4 Å². The molecular weight excluding hydrogens is 547 g/mol. The molecule has 8 nitrogen and oxygen atoms in total. The van der Waals surface area contributed by atoms with Crippen LogP contribution in [0.5, 0.6) is 5.75 Å². The topological polar surface area (TPSA) is 88.7 Å². The van der Waals surface area contributed by atoms with E-state index in [2.05, 4.69) is 27.9 Å². The van der Waals surface area contributed by atoms with Crippen molar-refractivity contribution in [2.24, 2.45) is 7.05 Å². The molecule has 0 saturated carbocycles. The van der Waals surface area contributed by atoms with E-state index in [0.29, 0.717) is 35.2 Å². The molecule has 2 aromatic carbocycles. The number of hydrogen-bond donors (Lipinski definition) is 2. The van der Waals surface area contributed by atoms with Crippen LogP contribution in [-0.4, -0.2) is 27.2 Å². The average Bonchev–Trinajstić information content (AvgIpc) is 3.13. The fourth-order valence-corrected chi connectivity index (χ4v) is 4.08. The number of benzene rings is 2. The summed E-state index contributed by atoms with van der Waals surface area (Å²) in [6, 6.07) is 14.9. The number of halogens is 2. The standard InChI is InChI=1S/C22H22ClIN4O4/c1-26-19-18(20(30)27(22(26)31)11-2-12-29)28(13-14-3-5-15(23)6-4-14)21(25-19)32-17-9-7-16(24)8-10-17/h3-10,21,25,29H,2,11-13H2,1H3. The molecule has 168 valence electrons. The average molecular weight is 569 g/mol. The summed E-state index contributed by atoms with van der Waals surface area (Å²) in [5.74, 6) is 1.02. The van der Waals surface area contributed by atoms with E-state index in [1.54, 1.807) is 24.1 Å². The van der Waals surface area contributed by atoms with Crippen molar-refractivity contribution in [3.05, 3.63) is 83.5 Å². The summed E-state index contributed by atoms with van der Waals surface area (Å²) in [4.78, 5) is 27.9. The zero-order valence-corrected chi connectivity index (χ0v) is 20.2. The summed E-state index contributed by atoms with van der Waals surface area (Å²) >= 11 is 8.25. The lowest BCUT2D eigenvalue weighted by Gasteiger charge is -2.26. The molecule has 0 radical (unpaired) electrons. The Kier molecular flexibility index (Phi) is 6.77. The minimum absolute atomic E-state index is 0.113. The first kappa shape index (κ1) is 22.7. The molecule has 2 N–H and O–H groups in total. The molecule has 0 spiro atoms. The molecule has 0 fully saturated rings. The minimum Gasteiger partial charge on any atom is -0.452 e. The summed E-state index contributed by atoms with van der Waals surface area (Å²) < 4.78 is 9.80. The third kappa shape index (κ3) is 4.50. The van der Waals surface area contributed by atoms with Crippen LogP contribution in [0.2, 0.25) is 5.02 Å². The van der Waals surface area contributed by atoms with Crippen LogP contribution in [0.3, 0.4) is 0 Å². The number of rotatable bonds is 7. The van der Waals surface area contributed by atoms with E-state index in [-0.39, 0.29) is 13.2 Å². The minimum atomic E-state index is -0.701. The predicted octanol–water partition coefficient (Wildman–Crippen LogP) is 2.98. The molecular formula is C22H22ClIN4O4. The first-order valence-electron chi connectivity index (χ1n) is 10.0. The molecule has 0 saturated heterocycles. The van der Waals surface area contributed by atoms with Gasteiger partial charge in [-0.2, -0.15) is 0 Å². The summed E-state index contributed by atoms with van der Waals surface area (Å²) in [5, 5.41) is 13.0. The van der Waals surface area contributed by atoms with Gasteiger partial charge in [-0.25, -0.2) is 4.79 Å². The maximum absolute atomic E-state index is 13.3. The van der Waals surface area contributed by atoms with E-state index in [9.17, 15) is 14.7 Å². The lowest BCUT2D eigenvalue weighted by atomic mass is 10.2.